The second-order valence-electron chi connectivity index (χ2n) is 3.89. The summed E-state index contributed by atoms with van der Waals surface area (Å²) in [6.45, 7) is 4.05. The molecule has 0 radical (unpaired) electrons. The molecule has 1 saturated heterocycles. The van der Waals surface area contributed by atoms with E-state index >= 15 is 0 Å². The van der Waals surface area contributed by atoms with Gasteiger partial charge >= 0.3 is 5.97 Å². The minimum Gasteiger partial charge on any atom is -0.481 e. The van der Waals surface area contributed by atoms with Gasteiger partial charge in [0.15, 0.2) is 0 Å². The molecule has 0 aromatic heterocycles. The third-order valence-corrected chi connectivity index (χ3v) is 2.86. The first-order valence-electron chi connectivity index (χ1n) is 5.17. The average Bonchev–Trinajstić information content (AvgIpc) is 2.15. The lowest BCUT2D eigenvalue weighted by Gasteiger charge is -2.24. The summed E-state index contributed by atoms with van der Waals surface area (Å²) in [7, 11) is 0. The normalized spacial score (nSPS) is 25.5. The maximum Gasteiger partial charge on any atom is 0.306 e. The Balaban J connectivity index is 2.31. The number of carboxylic acids is 1. The molecule has 76 valence electrons. The topological polar surface area (TPSA) is 49.3 Å². The van der Waals surface area contributed by atoms with E-state index in [1.54, 1.807) is 0 Å². The van der Waals surface area contributed by atoms with Crippen LogP contribution in [-0.2, 0) is 4.79 Å². The molecule has 0 aromatic rings. The third-order valence-electron chi connectivity index (χ3n) is 2.86. The van der Waals surface area contributed by atoms with Gasteiger partial charge in [-0.3, -0.25) is 4.79 Å². The summed E-state index contributed by atoms with van der Waals surface area (Å²) in [6.07, 6.45) is 3.99. The zero-order valence-electron chi connectivity index (χ0n) is 8.25. The van der Waals surface area contributed by atoms with Gasteiger partial charge in [-0.25, -0.2) is 0 Å². The first kappa shape index (κ1) is 10.5. The smallest absolute Gasteiger partial charge is 0.306 e. The van der Waals surface area contributed by atoms with Gasteiger partial charge in [0.1, 0.15) is 0 Å². The standard InChI is InChI=1S/C10H19NO2/c1-2-9(10(12)13)6-8-4-3-5-11-7-8/h8-9,11H,2-7H2,1H3,(H,12,13). The summed E-state index contributed by atoms with van der Waals surface area (Å²) in [5, 5.41) is 12.2. The Hall–Kier alpha value is -0.570. The van der Waals surface area contributed by atoms with Crippen molar-refractivity contribution in [2.24, 2.45) is 11.8 Å². The van der Waals surface area contributed by atoms with Gasteiger partial charge in [0.2, 0.25) is 0 Å². The minimum atomic E-state index is -0.631. The van der Waals surface area contributed by atoms with E-state index in [9.17, 15) is 4.79 Å². The molecule has 0 spiro atoms. The molecule has 0 aliphatic carbocycles. The largest absolute Gasteiger partial charge is 0.481 e. The molecule has 0 amide bonds. The Labute approximate surface area is 79.5 Å². The second-order valence-corrected chi connectivity index (χ2v) is 3.89. The van der Waals surface area contributed by atoms with Gasteiger partial charge in [0.05, 0.1) is 5.92 Å². The summed E-state index contributed by atoms with van der Waals surface area (Å²) in [4.78, 5) is 10.8. The first-order valence-corrected chi connectivity index (χ1v) is 5.17. The van der Waals surface area contributed by atoms with E-state index in [1.807, 2.05) is 6.92 Å². The summed E-state index contributed by atoms with van der Waals surface area (Å²) in [6, 6.07) is 0. The highest BCUT2D eigenvalue weighted by molar-refractivity contribution is 5.69. The predicted octanol–water partition coefficient (Wildman–Crippen LogP) is 1.49. The van der Waals surface area contributed by atoms with E-state index in [2.05, 4.69) is 5.32 Å². The van der Waals surface area contributed by atoms with Gasteiger partial charge in [-0.1, -0.05) is 6.92 Å². The second kappa shape index (κ2) is 5.22. The lowest BCUT2D eigenvalue weighted by molar-refractivity contribution is -0.142. The molecule has 2 unspecified atom stereocenters. The number of nitrogens with one attached hydrogen (secondary N) is 1. The van der Waals surface area contributed by atoms with Crippen molar-refractivity contribution < 1.29 is 9.90 Å². The fraction of sp³-hybridized carbons (Fsp3) is 0.900. The van der Waals surface area contributed by atoms with Gasteiger partial charge in [-0.05, 0) is 44.7 Å². The van der Waals surface area contributed by atoms with E-state index in [0.29, 0.717) is 5.92 Å². The van der Waals surface area contributed by atoms with Crippen molar-refractivity contribution in [2.75, 3.05) is 13.1 Å². The van der Waals surface area contributed by atoms with Crippen LogP contribution in [0.15, 0.2) is 0 Å². The van der Waals surface area contributed by atoms with Crippen molar-refractivity contribution in [1.82, 2.24) is 5.32 Å². The minimum absolute atomic E-state index is 0.134. The van der Waals surface area contributed by atoms with Gasteiger partial charge < -0.3 is 10.4 Å². The number of carbonyl (C=O) groups is 1. The number of piperidine rings is 1. The Morgan fingerprint density at radius 3 is 2.92 bits per heavy atom. The Bertz CT molecular complexity index is 164. The molecule has 3 nitrogen and oxygen atoms in total. The summed E-state index contributed by atoms with van der Waals surface area (Å²) in [5.41, 5.74) is 0. The summed E-state index contributed by atoms with van der Waals surface area (Å²) >= 11 is 0. The van der Waals surface area contributed by atoms with E-state index in [1.165, 1.54) is 12.8 Å². The van der Waals surface area contributed by atoms with Gasteiger partial charge in [-0.2, -0.15) is 0 Å². The Morgan fingerprint density at radius 1 is 1.69 bits per heavy atom. The van der Waals surface area contributed by atoms with Crippen molar-refractivity contribution in [1.29, 1.82) is 0 Å². The van der Waals surface area contributed by atoms with Crippen LogP contribution < -0.4 is 5.32 Å². The average molecular weight is 185 g/mol. The highest BCUT2D eigenvalue weighted by Crippen LogP contribution is 2.21. The molecular formula is C10H19NO2. The molecule has 1 aliphatic heterocycles. The van der Waals surface area contributed by atoms with Crippen LogP contribution >= 0.6 is 0 Å². The number of hydrogen-bond acceptors (Lipinski definition) is 2. The number of rotatable bonds is 4. The summed E-state index contributed by atoms with van der Waals surface area (Å²) in [5.74, 6) is -0.187. The highest BCUT2D eigenvalue weighted by atomic mass is 16.4. The molecule has 0 bridgehead atoms. The Kier molecular flexibility index (Phi) is 4.22. The van der Waals surface area contributed by atoms with Crippen molar-refractivity contribution >= 4 is 5.97 Å². The monoisotopic (exact) mass is 185 g/mol. The van der Waals surface area contributed by atoms with E-state index in [0.717, 1.165) is 25.9 Å². The maximum atomic E-state index is 10.8. The van der Waals surface area contributed by atoms with Crippen LogP contribution in [0.2, 0.25) is 0 Å². The lowest BCUT2D eigenvalue weighted by Crippen LogP contribution is -2.32. The van der Waals surface area contributed by atoms with Crippen LogP contribution in [0.3, 0.4) is 0 Å². The van der Waals surface area contributed by atoms with Crippen LogP contribution in [-0.4, -0.2) is 24.2 Å². The molecule has 2 atom stereocenters. The molecule has 1 aliphatic rings. The zero-order chi connectivity index (χ0) is 9.68. The summed E-state index contributed by atoms with van der Waals surface area (Å²) < 4.78 is 0. The first-order chi connectivity index (χ1) is 6.24. The predicted molar refractivity (Wildman–Crippen MR) is 51.6 cm³/mol. The molecule has 1 fully saturated rings. The van der Waals surface area contributed by atoms with Crippen molar-refractivity contribution in [3.05, 3.63) is 0 Å². The number of aliphatic carboxylic acids is 1. The fourth-order valence-corrected chi connectivity index (χ4v) is 1.97. The molecule has 1 heterocycles. The van der Waals surface area contributed by atoms with Crippen molar-refractivity contribution in [3.63, 3.8) is 0 Å². The molecule has 1 rings (SSSR count). The SMILES string of the molecule is CCC(CC1CCCNC1)C(=O)O. The molecule has 0 saturated carbocycles. The van der Waals surface area contributed by atoms with E-state index in [4.69, 9.17) is 5.11 Å². The van der Waals surface area contributed by atoms with Gasteiger partial charge in [0.25, 0.3) is 0 Å². The quantitative estimate of drug-likeness (QED) is 0.697. The van der Waals surface area contributed by atoms with Crippen molar-refractivity contribution in [2.45, 2.75) is 32.6 Å². The molecule has 3 heteroatoms. The zero-order valence-corrected chi connectivity index (χ0v) is 8.25. The van der Waals surface area contributed by atoms with Gasteiger partial charge in [0, 0.05) is 0 Å². The lowest BCUT2D eigenvalue weighted by atomic mass is 9.88. The van der Waals surface area contributed by atoms with Crippen LogP contribution in [0.25, 0.3) is 0 Å². The molecule has 0 aromatic carbocycles. The van der Waals surface area contributed by atoms with E-state index < -0.39 is 5.97 Å². The van der Waals surface area contributed by atoms with Crippen LogP contribution in [0.4, 0.5) is 0 Å². The molecule has 13 heavy (non-hydrogen) atoms. The van der Waals surface area contributed by atoms with Crippen LogP contribution in [0, 0.1) is 11.8 Å². The fourth-order valence-electron chi connectivity index (χ4n) is 1.97. The van der Waals surface area contributed by atoms with E-state index in [-0.39, 0.29) is 5.92 Å². The number of carboxylic acid groups (broad SMARTS) is 1. The van der Waals surface area contributed by atoms with Gasteiger partial charge in [-0.15, -0.1) is 0 Å². The highest BCUT2D eigenvalue weighted by Gasteiger charge is 2.21. The molecular weight excluding hydrogens is 166 g/mol. The van der Waals surface area contributed by atoms with Crippen LogP contribution in [0.5, 0.6) is 0 Å². The van der Waals surface area contributed by atoms with Crippen LogP contribution in [0.1, 0.15) is 32.6 Å². The maximum absolute atomic E-state index is 10.8. The number of hydrogen-bond donors (Lipinski definition) is 2. The van der Waals surface area contributed by atoms with Crippen molar-refractivity contribution in [3.8, 4) is 0 Å². The third kappa shape index (κ3) is 3.35. The molecule has 2 N–H and O–H groups in total. The Morgan fingerprint density at radius 2 is 2.46 bits per heavy atom.